The van der Waals surface area contributed by atoms with Crippen LogP contribution in [0.2, 0.25) is 0 Å². The third-order valence-corrected chi connectivity index (χ3v) is 5.02. The molecule has 5 nitrogen and oxygen atoms in total. The SMILES string of the molecule is O=c1[nH]c2ncnc(CN3CCSCC3)c2c2ccccc12. The zero-order valence-electron chi connectivity index (χ0n) is 12.1. The Hall–Kier alpha value is -1.92. The zero-order chi connectivity index (χ0) is 14.9. The van der Waals surface area contributed by atoms with Gasteiger partial charge in [-0.25, -0.2) is 9.97 Å². The van der Waals surface area contributed by atoms with E-state index < -0.39 is 0 Å². The van der Waals surface area contributed by atoms with E-state index in [2.05, 4.69) is 19.9 Å². The van der Waals surface area contributed by atoms with E-state index in [4.69, 9.17) is 0 Å². The van der Waals surface area contributed by atoms with Crippen LogP contribution in [0, 0.1) is 0 Å². The molecule has 22 heavy (non-hydrogen) atoms. The standard InChI is InChI=1S/C16H16N4OS/c21-16-12-4-2-1-3-11(12)14-13(17-10-18-15(14)19-16)9-20-5-7-22-8-6-20/h1-4,10H,5-9H2,(H,17,18,19,21). The third-order valence-electron chi connectivity index (χ3n) is 4.08. The second kappa shape index (κ2) is 5.70. The maximum atomic E-state index is 12.2. The minimum atomic E-state index is -0.0953. The Morgan fingerprint density at radius 1 is 1.14 bits per heavy atom. The summed E-state index contributed by atoms with van der Waals surface area (Å²) in [6.07, 6.45) is 1.54. The van der Waals surface area contributed by atoms with Gasteiger partial charge in [-0.3, -0.25) is 9.69 Å². The first kappa shape index (κ1) is 13.7. The highest BCUT2D eigenvalue weighted by Crippen LogP contribution is 2.23. The second-order valence-electron chi connectivity index (χ2n) is 5.43. The number of pyridine rings is 1. The lowest BCUT2D eigenvalue weighted by Gasteiger charge is -2.26. The Morgan fingerprint density at radius 3 is 2.73 bits per heavy atom. The Kier molecular flexibility index (Phi) is 3.56. The van der Waals surface area contributed by atoms with Crippen molar-refractivity contribution in [1.82, 2.24) is 19.9 Å². The molecule has 112 valence electrons. The highest BCUT2D eigenvalue weighted by atomic mass is 32.2. The summed E-state index contributed by atoms with van der Waals surface area (Å²) < 4.78 is 0. The largest absolute Gasteiger partial charge is 0.306 e. The van der Waals surface area contributed by atoms with E-state index in [0.717, 1.165) is 36.1 Å². The van der Waals surface area contributed by atoms with Crippen molar-refractivity contribution in [1.29, 1.82) is 0 Å². The fourth-order valence-corrected chi connectivity index (χ4v) is 3.94. The molecule has 0 amide bonds. The third kappa shape index (κ3) is 2.38. The maximum absolute atomic E-state index is 12.2. The van der Waals surface area contributed by atoms with Gasteiger partial charge in [0.05, 0.1) is 5.69 Å². The van der Waals surface area contributed by atoms with Crippen LogP contribution in [0.3, 0.4) is 0 Å². The first-order chi connectivity index (χ1) is 10.8. The van der Waals surface area contributed by atoms with Crippen molar-refractivity contribution >= 4 is 33.6 Å². The predicted octanol–water partition coefficient (Wildman–Crippen LogP) is 2.02. The van der Waals surface area contributed by atoms with Gasteiger partial charge in [0.15, 0.2) is 0 Å². The van der Waals surface area contributed by atoms with Crippen LogP contribution in [0.25, 0.3) is 21.8 Å². The van der Waals surface area contributed by atoms with Crippen LogP contribution in [0.15, 0.2) is 35.4 Å². The normalized spacial score (nSPS) is 16.4. The number of thioether (sulfide) groups is 1. The summed E-state index contributed by atoms with van der Waals surface area (Å²) in [6.45, 7) is 2.96. The molecule has 0 unspecified atom stereocenters. The number of nitrogens with one attached hydrogen (secondary N) is 1. The monoisotopic (exact) mass is 312 g/mol. The van der Waals surface area contributed by atoms with E-state index in [-0.39, 0.29) is 5.56 Å². The second-order valence-corrected chi connectivity index (χ2v) is 6.66. The van der Waals surface area contributed by atoms with Gasteiger partial charge in [-0.05, 0) is 6.07 Å². The number of nitrogens with zero attached hydrogens (tertiary/aromatic N) is 3. The highest BCUT2D eigenvalue weighted by molar-refractivity contribution is 7.99. The molecule has 0 spiro atoms. The summed E-state index contributed by atoms with van der Waals surface area (Å²) in [5.74, 6) is 2.33. The van der Waals surface area contributed by atoms with E-state index in [1.165, 1.54) is 11.5 Å². The molecule has 1 N–H and O–H groups in total. The number of H-pyrrole nitrogens is 1. The lowest BCUT2D eigenvalue weighted by Crippen LogP contribution is -2.32. The van der Waals surface area contributed by atoms with E-state index in [0.29, 0.717) is 11.0 Å². The molecular weight excluding hydrogens is 296 g/mol. The van der Waals surface area contributed by atoms with Crippen LogP contribution in [0.5, 0.6) is 0 Å². The van der Waals surface area contributed by atoms with Gasteiger partial charge < -0.3 is 4.98 Å². The van der Waals surface area contributed by atoms with Gasteiger partial charge in [-0.1, -0.05) is 18.2 Å². The lowest BCUT2D eigenvalue weighted by atomic mass is 10.1. The molecule has 0 radical (unpaired) electrons. The average Bonchev–Trinajstić information content (AvgIpc) is 2.56. The fourth-order valence-electron chi connectivity index (χ4n) is 2.96. The van der Waals surface area contributed by atoms with Crippen molar-refractivity contribution in [2.45, 2.75) is 6.54 Å². The van der Waals surface area contributed by atoms with Gasteiger partial charge >= 0.3 is 0 Å². The lowest BCUT2D eigenvalue weighted by molar-refractivity contribution is 0.292. The summed E-state index contributed by atoms with van der Waals surface area (Å²) in [6, 6.07) is 7.66. The van der Waals surface area contributed by atoms with Crippen molar-refractivity contribution in [3.8, 4) is 0 Å². The number of fused-ring (bicyclic) bond motifs is 3. The molecule has 4 rings (SSSR count). The number of aromatic amines is 1. The fraction of sp³-hybridized carbons (Fsp3) is 0.312. The molecule has 1 saturated heterocycles. The number of rotatable bonds is 2. The summed E-state index contributed by atoms with van der Waals surface area (Å²) in [7, 11) is 0. The van der Waals surface area contributed by atoms with Crippen LogP contribution >= 0.6 is 11.8 Å². The molecular formula is C16H16N4OS. The minimum Gasteiger partial charge on any atom is -0.306 e. The topological polar surface area (TPSA) is 61.9 Å². The Morgan fingerprint density at radius 2 is 1.91 bits per heavy atom. The predicted molar refractivity (Wildman–Crippen MR) is 90.3 cm³/mol. The Bertz CT molecular complexity index is 886. The molecule has 3 heterocycles. The average molecular weight is 312 g/mol. The van der Waals surface area contributed by atoms with Crippen LogP contribution in [0.1, 0.15) is 5.69 Å². The Balaban J connectivity index is 1.91. The number of hydrogen-bond donors (Lipinski definition) is 1. The number of benzene rings is 1. The first-order valence-electron chi connectivity index (χ1n) is 7.37. The zero-order valence-corrected chi connectivity index (χ0v) is 12.9. The molecule has 1 aliphatic heterocycles. The van der Waals surface area contributed by atoms with Crippen molar-refractivity contribution in [3.63, 3.8) is 0 Å². The van der Waals surface area contributed by atoms with Crippen LogP contribution in [-0.2, 0) is 6.54 Å². The molecule has 0 bridgehead atoms. The van der Waals surface area contributed by atoms with Gasteiger partial charge in [-0.2, -0.15) is 11.8 Å². The van der Waals surface area contributed by atoms with Crippen molar-refractivity contribution in [2.24, 2.45) is 0 Å². The molecule has 3 aromatic rings. The van der Waals surface area contributed by atoms with E-state index in [9.17, 15) is 4.79 Å². The minimum absolute atomic E-state index is 0.0953. The van der Waals surface area contributed by atoms with Gasteiger partial charge in [0.2, 0.25) is 0 Å². The van der Waals surface area contributed by atoms with Crippen LogP contribution < -0.4 is 5.56 Å². The molecule has 2 aromatic heterocycles. The van der Waals surface area contributed by atoms with E-state index >= 15 is 0 Å². The quantitative estimate of drug-likeness (QED) is 0.734. The molecule has 0 saturated carbocycles. The van der Waals surface area contributed by atoms with Gasteiger partial charge in [0.25, 0.3) is 5.56 Å². The molecule has 0 aliphatic carbocycles. The highest BCUT2D eigenvalue weighted by Gasteiger charge is 2.16. The number of aromatic nitrogens is 3. The van der Waals surface area contributed by atoms with Gasteiger partial charge in [0.1, 0.15) is 12.0 Å². The maximum Gasteiger partial charge on any atom is 0.257 e. The molecule has 1 aromatic carbocycles. The van der Waals surface area contributed by atoms with Crippen molar-refractivity contribution in [3.05, 3.63) is 46.6 Å². The first-order valence-corrected chi connectivity index (χ1v) is 8.53. The summed E-state index contributed by atoms with van der Waals surface area (Å²) in [4.78, 5) is 26.2. The van der Waals surface area contributed by atoms with Crippen LogP contribution in [-0.4, -0.2) is 44.4 Å². The molecule has 1 fully saturated rings. The van der Waals surface area contributed by atoms with Crippen LogP contribution in [0.4, 0.5) is 0 Å². The van der Waals surface area contributed by atoms with E-state index in [1.807, 2.05) is 36.0 Å². The van der Waals surface area contributed by atoms with E-state index in [1.54, 1.807) is 6.33 Å². The van der Waals surface area contributed by atoms with Crippen molar-refractivity contribution in [2.75, 3.05) is 24.6 Å². The number of hydrogen-bond acceptors (Lipinski definition) is 5. The molecule has 6 heteroatoms. The van der Waals surface area contributed by atoms with Crippen molar-refractivity contribution < 1.29 is 0 Å². The molecule has 1 aliphatic rings. The summed E-state index contributed by atoms with van der Waals surface area (Å²) in [5.41, 5.74) is 1.52. The summed E-state index contributed by atoms with van der Waals surface area (Å²) in [5, 5.41) is 2.60. The smallest absolute Gasteiger partial charge is 0.257 e. The Labute approximate surface area is 131 Å². The molecule has 0 atom stereocenters. The van der Waals surface area contributed by atoms with Gasteiger partial charge in [-0.15, -0.1) is 0 Å². The van der Waals surface area contributed by atoms with Gasteiger partial charge in [0, 0.05) is 47.3 Å². The summed E-state index contributed by atoms with van der Waals surface area (Å²) >= 11 is 2.00.